The fraction of sp³-hybridized carbons (Fsp3) is 0.623. The standard InChI is InChI=1S/C53H70N4O7/c1-33-20-25-53(27-26-51(6)38(43(53)34(33)2)18-19-41-50(5)23-22-42(59)49(3,4)40(50)21-24-52(41,51)7)48(61)54-28-37-29-57(56-55-37)30-39(58)44-45(62-31-35-14-10-8-11-15-35)46(47(60)64-44)63-32-36-16-12-9-13-17-36/h8-18,29,33-34,39-44,58-59H,19-28,30-32H2,1-7H3,(H,54,61)/t33-,34+,39+,40+,41-,42+,43+,44-,50+,51-,52-,53+/m1/s1. The Kier molecular flexibility index (Phi) is 11.7. The minimum atomic E-state index is -1.22. The molecule has 3 aromatic rings. The summed E-state index contributed by atoms with van der Waals surface area (Å²) in [5.41, 5.74) is 3.56. The highest BCUT2D eigenvalue weighted by atomic mass is 16.6. The summed E-state index contributed by atoms with van der Waals surface area (Å²) in [5.74, 6) is 1.56. The van der Waals surface area contributed by atoms with Gasteiger partial charge in [0, 0.05) is 0 Å². The Morgan fingerprint density at radius 1 is 0.891 bits per heavy atom. The van der Waals surface area contributed by atoms with Gasteiger partial charge in [-0.3, -0.25) is 4.79 Å². The number of aromatic nitrogens is 3. The molecule has 1 amide bonds. The smallest absolute Gasteiger partial charge is 0.378 e. The molecule has 12 atom stereocenters. The number of rotatable bonds is 12. The van der Waals surface area contributed by atoms with E-state index in [1.54, 1.807) is 6.20 Å². The van der Waals surface area contributed by atoms with Crippen molar-refractivity contribution in [2.45, 2.75) is 151 Å². The molecule has 1 aliphatic heterocycles. The zero-order valence-corrected chi connectivity index (χ0v) is 39.0. The summed E-state index contributed by atoms with van der Waals surface area (Å²) in [7, 11) is 0. The van der Waals surface area contributed by atoms with E-state index in [1.165, 1.54) is 10.3 Å². The monoisotopic (exact) mass is 875 g/mol. The number of aliphatic hydroxyl groups excluding tert-OH is 2. The predicted molar refractivity (Wildman–Crippen MR) is 242 cm³/mol. The number of amides is 1. The van der Waals surface area contributed by atoms with Crippen molar-refractivity contribution in [3.63, 3.8) is 0 Å². The van der Waals surface area contributed by atoms with Crippen LogP contribution in [0.3, 0.4) is 0 Å². The number of aliphatic hydroxyl groups is 2. The number of hydrogen-bond acceptors (Lipinski definition) is 9. The number of nitrogens with zero attached hydrogens (tertiary/aromatic N) is 3. The number of allylic oxidation sites excluding steroid dienone is 2. The second kappa shape index (κ2) is 16.7. The van der Waals surface area contributed by atoms with Crippen molar-refractivity contribution in [3.8, 4) is 0 Å². The van der Waals surface area contributed by atoms with Crippen molar-refractivity contribution in [1.82, 2.24) is 20.3 Å². The molecule has 64 heavy (non-hydrogen) atoms. The first-order chi connectivity index (χ1) is 30.5. The van der Waals surface area contributed by atoms with Gasteiger partial charge in [-0.15, -0.1) is 5.10 Å². The number of esters is 1. The number of nitrogens with one attached hydrogen (secondary N) is 1. The van der Waals surface area contributed by atoms with Crippen LogP contribution in [0.15, 0.2) is 90.0 Å². The molecule has 11 nitrogen and oxygen atoms in total. The third-order valence-electron chi connectivity index (χ3n) is 18.5. The first-order valence-electron chi connectivity index (χ1n) is 24.0. The molecule has 11 heteroatoms. The Hall–Kier alpha value is -4.48. The maximum atomic E-state index is 14.9. The number of ether oxygens (including phenoxy) is 3. The van der Waals surface area contributed by atoms with Crippen LogP contribution in [0.5, 0.6) is 0 Å². The summed E-state index contributed by atoms with van der Waals surface area (Å²) in [6.07, 6.45) is 10.8. The minimum Gasteiger partial charge on any atom is -0.485 e. The van der Waals surface area contributed by atoms with Crippen LogP contribution in [0.2, 0.25) is 0 Å². The lowest BCUT2D eigenvalue weighted by Crippen LogP contribution is -2.66. The summed E-state index contributed by atoms with van der Waals surface area (Å²) in [6, 6.07) is 19.1. The maximum Gasteiger partial charge on any atom is 0.378 e. The molecule has 3 N–H and O–H groups in total. The molecule has 6 aliphatic rings. The van der Waals surface area contributed by atoms with E-state index >= 15 is 0 Å². The van der Waals surface area contributed by atoms with Gasteiger partial charge in [0.05, 0.1) is 30.8 Å². The third kappa shape index (κ3) is 7.31. The van der Waals surface area contributed by atoms with Gasteiger partial charge in [-0.05, 0) is 120 Å². The fourth-order valence-electron chi connectivity index (χ4n) is 14.5. The summed E-state index contributed by atoms with van der Waals surface area (Å²) in [6.45, 7) is 17.6. The maximum absolute atomic E-state index is 14.9. The molecule has 0 spiro atoms. The Bertz CT molecular complexity index is 2270. The van der Waals surface area contributed by atoms with Crippen LogP contribution in [0.4, 0.5) is 0 Å². The molecular formula is C53H70N4O7. The zero-order chi connectivity index (χ0) is 45.2. The van der Waals surface area contributed by atoms with E-state index in [4.69, 9.17) is 14.2 Å². The van der Waals surface area contributed by atoms with E-state index in [2.05, 4.69) is 70.2 Å². The van der Waals surface area contributed by atoms with Gasteiger partial charge >= 0.3 is 5.97 Å². The molecule has 344 valence electrons. The number of hydrogen-bond donors (Lipinski definition) is 3. The van der Waals surface area contributed by atoms with Gasteiger partial charge in [-0.2, -0.15) is 0 Å². The Labute approximate surface area is 379 Å². The molecule has 9 rings (SSSR count). The van der Waals surface area contributed by atoms with E-state index in [1.807, 2.05) is 60.7 Å². The van der Waals surface area contributed by atoms with Crippen molar-refractivity contribution in [1.29, 1.82) is 0 Å². The molecule has 0 saturated heterocycles. The normalized spacial score (nSPS) is 36.9. The third-order valence-corrected chi connectivity index (χ3v) is 18.5. The highest BCUT2D eigenvalue weighted by Gasteiger charge is 2.69. The lowest BCUT2D eigenvalue weighted by molar-refractivity contribution is -0.204. The number of benzene rings is 2. The summed E-state index contributed by atoms with van der Waals surface area (Å²) < 4.78 is 19.3. The summed E-state index contributed by atoms with van der Waals surface area (Å²) in [4.78, 5) is 28.1. The number of carbonyl (C=O) groups excluding carboxylic acids is 2. The quantitative estimate of drug-likeness (QED) is 0.120. The highest BCUT2D eigenvalue weighted by molar-refractivity contribution is 5.89. The van der Waals surface area contributed by atoms with Crippen molar-refractivity contribution in [3.05, 3.63) is 107 Å². The van der Waals surface area contributed by atoms with Gasteiger partial charge < -0.3 is 29.7 Å². The second-order valence-electron chi connectivity index (χ2n) is 21.9. The van der Waals surface area contributed by atoms with Gasteiger partial charge in [0.2, 0.25) is 11.7 Å². The Balaban J connectivity index is 0.900. The number of fused-ring (bicyclic) bond motifs is 7. The predicted octanol–water partition coefficient (Wildman–Crippen LogP) is 8.84. The molecule has 0 bridgehead atoms. The van der Waals surface area contributed by atoms with Crippen LogP contribution < -0.4 is 5.32 Å². The van der Waals surface area contributed by atoms with E-state index in [0.717, 1.165) is 68.9 Å². The van der Waals surface area contributed by atoms with Gasteiger partial charge in [0.25, 0.3) is 0 Å². The molecule has 4 saturated carbocycles. The van der Waals surface area contributed by atoms with Crippen LogP contribution >= 0.6 is 0 Å². The van der Waals surface area contributed by atoms with E-state index in [0.29, 0.717) is 29.4 Å². The lowest BCUT2D eigenvalue weighted by Gasteiger charge is -2.71. The van der Waals surface area contributed by atoms with Crippen molar-refractivity contribution >= 4 is 11.9 Å². The second-order valence-corrected chi connectivity index (χ2v) is 21.9. The van der Waals surface area contributed by atoms with Crippen LogP contribution in [0.25, 0.3) is 0 Å². The Morgan fingerprint density at radius 2 is 1.58 bits per heavy atom. The largest absolute Gasteiger partial charge is 0.485 e. The van der Waals surface area contributed by atoms with Crippen LogP contribution in [-0.4, -0.2) is 55.4 Å². The molecular weight excluding hydrogens is 805 g/mol. The van der Waals surface area contributed by atoms with Crippen molar-refractivity contribution in [2.75, 3.05) is 0 Å². The number of cyclic esters (lactones) is 1. The van der Waals surface area contributed by atoms with Gasteiger partial charge in [-0.1, -0.05) is 126 Å². The first kappa shape index (κ1) is 44.7. The van der Waals surface area contributed by atoms with E-state index in [-0.39, 0.29) is 77.4 Å². The van der Waals surface area contributed by atoms with Gasteiger partial charge in [-0.25, -0.2) is 9.48 Å². The van der Waals surface area contributed by atoms with Crippen LogP contribution in [0, 0.1) is 56.7 Å². The zero-order valence-electron chi connectivity index (χ0n) is 39.0. The first-order valence-corrected chi connectivity index (χ1v) is 24.0. The van der Waals surface area contributed by atoms with E-state index in [9.17, 15) is 19.8 Å². The Morgan fingerprint density at radius 3 is 2.28 bits per heavy atom. The average molecular weight is 875 g/mol. The fourth-order valence-corrected chi connectivity index (χ4v) is 14.5. The SMILES string of the molecule is C[C@H]1[C@H](C)CC[C@]2(C(=O)NCc3cn(C[C@H](O)[C@H]4OC(=O)C(OCc5ccccc5)=C4OCc4ccccc4)nn3)CC[C@]3(C)C(=CC[C@@H]4[C@@]5(C)CC[C@H](O)C(C)(C)[C@@H]5CC[C@]43C)[C@H]12. The summed E-state index contributed by atoms with van der Waals surface area (Å²) in [5, 5.41) is 34.8. The van der Waals surface area contributed by atoms with E-state index < -0.39 is 23.6 Å². The molecule has 2 aromatic carbocycles. The number of carbonyl (C=O) groups is 2. The summed E-state index contributed by atoms with van der Waals surface area (Å²) >= 11 is 0. The molecule has 4 fully saturated rings. The minimum absolute atomic E-state index is 0.00251. The molecule has 5 aliphatic carbocycles. The highest BCUT2D eigenvalue weighted by Crippen LogP contribution is 2.75. The van der Waals surface area contributed by atoms with Crippen molar-refractivity contribution < 1.29 is 34.0 Å². The van der Waals surface area contributed by atoms with Gasteiger partial charge in [0.1, 0.15) is 25.0 Å². The molecule has 0 radical (unpaired) electrons. The lowest BCUT2D eigenvalue weighted by atomic mass is 9.33. The van der Waals surface area contributed by atoms with Gasteiger partial charge in [0.15, 0.2) is 11.9 Å². The van der Waals surface area contributed by atoms with Crippen molar-refractivity contribution in [2.24, 2.45) is 56.7 Å². The molecule has 2 heterocycles. The molecule has 1 aromatic heterocycles. The van der Waals surface area contributed by atoms with Crippen LogP contribution in [0.1, 0.15) is 123 Å². The topological polar surface area (TPSA) is 145 Å². The molecule has 0 unspecified atom stereocenters. The van der Waals surface area contributed by atoms with Crippen LogP contribution in [-0.2, 0) is 50.1 Å². The average Bonchev–Trinajstić information content (AvgIpc) is 3.87.